The SMILES string of the molecule is CCCCCC/C=C/CCCCCCCCCC(=O)OC(COC(=O)CC/C=C/C/C=C/CCCCCCCC)COC(=O)CCCCCCC/C=C/C=C/C=C/CCCCCCC. The Morgan fingerprint density at radius 1 is 0.328 bits per heavy atom. The molecule has 0 heterocycles. The van der Waals surface area contributed by atoms with E-state index in [4.69, 9.17) is 14.2 Å². The monoisotopic (exact) mass is 893 g/mol. The Morgan fingerprint density at radius 2 is 0.656 bits per heavy atom. The van der Waals surface area contributed by atoms with E-state index < -0.39 is 6.10 Å². The zero-order valence-electron chi connectivity index (χ0n) is 42.0. The molecule has 0 aromatic rings. The molecule has 1 unspecified atom stereocenters. The fourth-order valence-electron chi connectivity index (χ4n) is 7.37. The van der Waals surface area contributed by atoms with Gasteiger partial charge in [-0.3, -0.25) is 14.4 Å². The highest BCUT2D eigenvalue weighted by atomic mass is 16.6. The number of carbonyl (C=O) groups is 3. The molecule has 368 valence electrons. The van der Waals surface area contributed by atoms with Crippen molar-refractivity contribution in [2.45, 2.75) is 264 Å². The maximum absolute atomic E-state index is 12.8. The summed E-state index contributed by atoms with van der Waals surface area (Å²) < 4.78 is 16.7. The van der Waals surface area contributed by atoms with Gasteiger partial charge in [-0.2, -0.15) is 0 Å². The van der Waals surface area contributed by atoms with E-state index in [1.54, 1.807) is 0 Å². The molecule has 0 aromatic carbocycles. The average molecular weight is 893 g/mol. The van der Waals surface area contributed by atoms with Gasteiger partial charge in [0.15, 0.2) is 6.10 Å². The van der Waals surface area contributed by atoms with Crippen LogP contribution in [-0.2, 0) is 28.6 Å². The van der Waals surface area contributed by atoms with Crippen LogP contribution in [0.3, 0.4) is 0 Å². The van der Waals surface area contributed by atoms with Gasteiger partial charge in [0.25, 0.3) is 0 Å². The average Bonchev–Trinajstić information content (AvgIpc) is 3.29. The molecule has 0 aromatic heterocycles. The lowest BCUT2D eigenvalue weighted by Gasteiger charge is -2.18. The van der Waals surface area contributed by atoms with E-state index in [-0.39, 0.29) is 37.5 Å². The first-order valence-corrected chi connectivity index (χ1v) is 27.0. The van der Waals surface area contributed by atoms with Crippen LogP contribution in [0, 0.1) is 0 Å². The Labute approximate surface area is 395 Å². The van der Waals surface area contributed by atoms with Crippen LogP contribution in [0.4, 0.5) is 0 Å². The molecule has 0 aliphatic heterocycles. The van der Waals surface area contributed by atoms with Crippen LogP contribution in [-0.4, -0.2) is 37.2 Å². The van der Waals surface area contributed by atoms with E-state index in [0.717, 1.165) is 77.0 Å². The molecule has 0 rings (SSSR count). The van der Waals surface area contributed by atoms with Crippen LogP contribution in [0.2, 0.25) is 0 Å². The standard InChI is InChI=1S/C58H100O6/c1-4-7-10-13-16-19-22-25-27-28-29-31-33-36-39-42-45-48-51-57(60)63-54-55(53-62-56(59)50-47-44-41-38-35-32-24-21-18-15-12-9-6-3)64-58(61)52-49-46-43-40-37-34-30-26-23-20-17-14-11-8-5-2/h20,22-23,25,27-29,31-32,35,41,44,55H,4-19,21,24,26,30,33-34,36-40,42-43,45-54H2,1-3H3/b23-20+,25-22+,28-27+,31-29+,35-32+,44-41+. The number of rotatable bonds is 48. The van der Waals surface area contributed by atoms with Gasteiger partial charge < -0.3 is 14.2 Å². The van der Waals surface area contributed by atoms with Crippen LogP contribution < -0.4 is 0 Å². The fraction of sp³-hybridized carbons (Fsp3) is 0.741. The quantitative estimate of drug-likeness (QED) is 0.0199. The van der Waals surface area contributed by atoms with Crippen molar-refractivity contribution >= 4 is 17.9 Å². The minimum atomic E-state index is -0.808. The van der Waals surface area contributed by atoms with Crippen LogP contribution in [0.25, 0.3) is 0 Å². The van der Waals surface area contributed by atoms with Gasteiger partial charge in [0.05, 0.1) is 0 Å². The summed E-state index contributed by atoms with van der Waals surface area (Å²) in [5.41, 5.74) is 0. The molecular weight excluding hydrogens is 793 g/mol. The Bertz CT molecular complexity index is 1210. The molecule has 1 atom stereocenters. The minimum Gasteiger partial charge on any atom is -0.462 e. The lowest BCUT2D eigenvalue weighted by Crippen LogP contribution is -2.30. The number of hydrogen-bond donors (Lipinski definition) is 0. The lowest BCUT2D eigenvalue weighted by molar-refractivity contribution is -0.166. The van der Waals surface area contributed by atoms with E-state index >= 15 is 0 Å². The Hall–Kier alpha value is -3.15. The number of hydrogen-bond acceptors (Lipinski definition) is 6. The number of unbranched alkanes of at least 4 members (excludes halogenated alkanes) is 27. The summed E-state index contributed by atoms with van der Waals surface area (Å²) in [4.78, 5) is 38.0. The zero-order valence-corrected chi connectivity index (χ0v) is 42.0. The van der Waals surface area contributed by atoms with Crippen molar-refractivity contribution in [3.8, 4) is 0 Å². The van der Waals surface area contributed by atoms with Crippen LogP contribution in [0.5, 0.6) is 0 Å². The molecule has 6 nitrogen and oxygen atoms in total. The summed E-state index contributed by atoms with van der Waals surface area (Å²) in [5.74, 6) is -0.994. The van der Waals surface area contributed by atoms with E-state index in [0.29, 0.717) is 19.3 Å². The summed E-state index contributed by atoms with van der Waals surface area (Å²) in [6.07, 6.45) is 66.1. The van der Waals surface area contributed by atoms with Crippen molar-refractivity contribution in [3.63, 3.8) is 0 Å². The van der Waals surface area contributed by atoms with Gasteiger partial charge in [-0.05, 0) is 89.9 Å². The van der Waals surface area contributed by atoms with Gasteiger partial charge in [0.1, 0.15) is 13.2 Å². The summed E-state index contributed by atoms with van der Waals surface area (Å²) in [6.45, 7) is 6.53. The Balaban J connectivity index is 4.47. The van der Waals surface area contributed by atoms with Gasteiger partial charge in [-0.15, -0.1) is 0 Å². The molecule has 0 bridgehead atoms. The van der Waals surface area contributed by atoms with Gasteiger partial charge >= 0.3 is 17.9 Å². The molecule has 64 heavy (non-hydrogen) atoms. The lowest BCUT2D eigenvalue weighted by atomic mass is 10.1. The van der Waals surface area contributed by atoms with Crippen molar-refractivity contribution in [1.82, 2.24) is 0 Å². The van der Waals surface area contributed by atoms with Gasteiger partial charge in [0, 0.05) is 19.3 Å². The summed E-state index contributed by atoms with van der Waals surface area (Å²) >= 11 is 0. The van der Waals surface area contributed by atoms with E-state index in [2.05, 4.69) is 87.6 Å². The first-order chi connectivity index (χ1) is 31.5. The molecule has 0 radical (unpaired) electrons. The highest BCUT2D eigenvalue weighted by Gasteiger charge is 2.19. The van der Waals surface area contributed by atoms with Crippen molar-refractivity contribution in [1.29, 1.82) is 0 Å². The molecule has 6 heteroatoms. The summed E-state index contributed by atoms with van der Waals surface area (Å²) in [7, 11) is 0. The number of allylic oxidation sites excluding steroid dienone is 12. The predicted octanol–water partition coefficient (Wildman–Crippen LogP) is 17.8. The molecule has 0 N–H and O–H groups in total. The zero-order chi connectivity index (χ0) is 46.5. The Morgan fingerprint density at radius 3 is 1.11 bits per heavy atom. The van der Waals surface area contributed by atoms with Crippen LogP contribution in [0.1, 0.15) is 258 Å². The highest BCUT2D eigenvalue weighted by Crippen LogP contribution is 2.14. The van der Waals surface area contributed by atoms with E-state index in [9.17, 15) is 14.4 Å². The first kappa shape index (κ1) is 60.9. The molecule has 0 spiro atoms. The van der Waals surface area contributed by atoms with Gasteiger partial charge in [-0.1, -0.05) is 222 Å². The molecule has 0 aliphatic rings. The molecular formula is C58H100O6. The smallest absolute Gasteiger partial charge is 0.306 e. The van der Waals surface area contributed by atoms with Crippen molar-refractivity contribution in [2.75, 3.05) is 13.2 Å². The second kappa shape index (κ2) is 52.5. The topological polar surface area (TPSA) is 78.9 Å². The minimum absolute atomic E-state index is 0.105. The molecule has 0 amide bonds. The number of carbonyl (C=O) groups excluding carboxylic acids is 3. The van der Waals surface area contributed by atoms with Crippen LogP contribution >= 0.6 is 0 Å². The first-order valence-electron chi connectivity index (χ1n) is 27.0. The maximum Gasteiger partial charge on any atom is 0.306 e. The molecule has 0 saturated carbocycles. The van der Waals surface area contributed by atoms with Crippen molar-refractivity contribution < 1.29 is 28.6 Å². The normalized spacial score (nSPS) is 12.6. The summed E-state index contributed by atoms with van der Waals surface area (Å²) in [6, 6.07) is 0. The Kier molecular flexibility index (Phi) is 49.9. The third-order valence-electron chi connectivity index (χ3n) is 11.5. The third kappa shape index (κ3) is 49.9. The second-order valence-corrected chi connectivity index (χ2v) is 17.8. The van der Waals surface area contributed by atoms with Gasteiger partial charge in [-0.25, -0.2) is 0 Å². The molecule has 0 fully saturated rings. The van der Waals surface area contributed by atoms with Gasteiger partial charge in [0.2, 0.25) is 0 Å². The fourth-order valence-corrected chi connectivity index (χ4v) is 7.37. The second-order valence-electron chi connectivity index (χ2n) is 17.8. The summed E-state index contributed by atoms with van der Waals surface area (Å²) in [5, 5.41) is 0. The maximum atomic E-state index is 12.8. The van der Waals surface area contributed by atoms with E-state index in [1.807, 2.05) is 6.08 Å². The highest BCUT2D eigenvalue weighted by molar-refractivity contribution is 5.71. The molecule has 0 aliphatic carbocycles. The van der Waals surface area contributed by atoms with Crippen LogP contribution in [0.15, 0.2) is 72.9 Å². The molecule has 0 saturated heterocycles. The number of esters is 3. The van der Waals surface area contributed by atoms with Crippen molar-refractivity contribution in [2.24, 2.45) is 0 Å². The van der Waals surface area contributed by atoms with Crippen molar-refractivity contribution in [3.05, 3.63) is 72.9 Å². The third-order valence-corrected chi connectivity index (χ3v) is 11.5. The number of ether oxygens (including phenoxy) is 3. The largest absolute Gasteiger partial charge is 0.462 e. The predicted molar refractivity (Wildman–Crippen MR) is 274 cm³/mol. The van der Waals surface area contributed by atoms with E-state index in [1.165, 1.54) is 135 Å².